The van der Waals surface area contributed by atoms with E-state index in [0.29, 0.717) is 27.9 Å². The second-order valence-corrected chi connectivity index (χ2v) is 6.08. The number of esters is 1. The average Bonchev–Trinajstić information content (AvgIpc) is 2.99. The van der Waals surface area contributed by atoms with Gasteiger partial charge in [0, 0.05) is 5.56 Å². The van der Waals surface area contributed by atoms with Gasteiger partial charge in [0.2, 0.25) is 0 Å². The van der Waals surface area contributed by atoms with Crippen LogP contribution >= 0.6 is 11.6 Å². The van der Waals surface area contributed by atoms with Crippen LogP contribution in [0.25, 0.3) is 5.69 Å². The van der Waals surface area contributed by atoms with E-state index >= 15 is 0 Å². The number of hydrogen-bond donors (Lipinski definition) is 0. The number of para-hydroxylation sites is 2. The van der Waals surface area contributed by atoms with Crippen molar-refractivity contribution in [3.8, 4) is 17.2 Å². The van der Waals surface area contributed by atoms with Gasteiger partial charge in [0.25, 0.3) is 0 Å². The molecule has 0 N–H and O–H groups in total. The summed E-state index contributed by atoms with van der Waals surface area (Å²) < 4.78 is 17.6. The van der Waals surface area contributed by atoms with E-state index in [-0.39, 0.29) is 12.2 Å². The van der Waals surface area contributed by atoms with Gasteiger partial charge in [0.15, 0.2) is 11.5 Å². The maximum Gasteiger partial charge on any atom is 0.342 e. The third-order valence-corrected chi connectivity index (χ3v) is 4.48. The number of rotatable bonds is 6. The van der Waals surface area contributed by atoms with E-state index in [1.807, 2.05) is 37.3 Å². The number of carbonyl (C=O) groups is 1. The minimum atomic E-state index is -0.534. The lowest BCUT2D eigenvalue weighted by molar-refractivity contribution is 0.0468. The number of hydrogen-bond acceptors (Lipinski definition) is 5. The molecule has 0 atom stereocenters. The maximum atomic E-state index is 12.5. The number of carbonyl (C=O) groups excluding carboxylic acids is 1. The molecule has 1 aromatic heterocycles. The summed E-state index contributed by atoms with van der Waals surface area (Å²) in [7, 11) is 2.98. The topological polar surface area (TPSA) is 62.6 Å². The molecule has 0 aliphatic rings. The van der Waals surface area contributed by atoms with Crippen LogP contribution in [0, 0.1) is 6.92 Å². The molecule has 6 nitrogen and oxygen atoms in total. The summed E-state index contributed by atoms with van der Waals surface area (Å²) in [4.78, 5) is 12.5. The molecule has 0 bridgehead atoms. The monoisotopic (exact) mass is 386 g/mol. The molecule has 0 amide bonds. The van der Waals surface area contributed by atoms with Crippen LogP contribution in [0.2, 0.25) is 5.15 Å². The van der Waals surface area contributed by atoms with Crippen LogP contribution in [-0.2, 0) is 11.3 Å². The highest BCUT2D eigenvalue weighted by Crippen LogP contribution is 2.31. The van der Waals surface area contributed by atoms with E-state index in [1.165, 1.54) is 14.2 Å². The highest BCUT2D eigenvalue weighted by atomic mass is 35.5. The van der Waals surface area contributed by atoms with Gasteiger partial charge in [-0.15, -0.1) is 0 Å². The molecule has 0 spiro atoms. The standard InChI is InChI=1S/C20H19ClN2O4/c1-13-16(19(21)23(22-13)14-8-5-4-6-9-14)12-27-20(24)15-10-7-11-17(25-2)18(15)26-3/h4-11H,12H2,1-3H3. The van der Waals surface area contributed by atoms with Crippen molar-refractivity contribution in [2.45, 2.75) is 13.5 Å². The SMILES string of the molecule is COc1cccc(C(=O)OCc2c(C)nn(-c3ccccc3)c2Cl)c1OC. The smallest absolute Gasteiger partial charge is 0.342 e. The van der Waals surface area contributed by atoms with Gasteiger partial charge in [0.05, 0.1) is 25.6 Å². The largest absolute Gasteiger partial charge is 0.493 e. The van der Waals surface area contributed by atoms with E-state index < -0.39 is 5.97 Å². The predicted octanol–water partition coefficient (Wildman–Crippen LogP) is 4.21. The molecule has 0 aliphatic carbocycles. The highest BCUT2D eigenvalue weighted by Gasteiger charge is 2.20. The van der Waals surface area contributed by atoms with Crippen molar-refractivity contribution in [2.75, 3.05) is 14.2 Å². The third-order valence-electron chi connectivity index (χ3n) is 4.09. The fraction of sp³-hybridized carbons (Fsp3) is 0.200. The summed E-state index contributed by atoms with van der Waals surface area (Å²) in [6, 6.07) is 14.5. The van der Waals surface area contributed by atoms with Crippen LogP contribution < -0.4 is 9.47 Å². The zero-order valence-electron chi connectivity index (χ0n) is 15.2. The van der Waals surface area contributed by atoms with Crippen LogP contribution in [0.1, 0.15) is 21.6 Å². The second kappa shape index (κ2) is 8.14. The normalized spacial score (nSPS) is 10.5. The first-order valence-corrected chi connectivity index (χ1v) is 8.62. The Balaban J connectivity index is 1.82. The summed E-state index contributed by atoms with van der Waals surface area (Å²) in [5.74, 6) is 0.250. The van der Waals surface area contributed by atoms with Gasteiger partial charge in [0.1, 0.15) is 17.3 Å². The van der Waals surface area contributed by atoms with E-state index in [9.17, 15) is 4.79 Å². The van der Waals surface area contributed by atoms with Crippen molar-refractivity contribution in [1.29, 1.82) is 0 Å². The third kappa shape index (κ3) is 3.75. The number of aryl methyl sites for hydroxylation is 1. The van der Waals surface area contributed by atoms with Gasteiger partial charge in [-0.3, -0.25) is 0 Å². The van der Waals surface area contributed by atoms with Gasteiger partial charge in [-0.05, 0) is 31.2 Å². The first-order valence-electron chi connectivity index (χ1n) is 8.24. The molecule has 7 heteroatoms. The lowest BCUT2D eigenvalue weighted by atomic mass is 10.2. The summed E-state index contributed by atoms with van der Waals surface area (Å²) in [6.45, 7) is 1.82. The van der Waals surface area contributed by atoms with Crippen molar-refractivity contribution >= 4 is 17.6 Å². The molecule has 3 aromatic rings. The van der Waals surface area contributed by atoms with Crippen LogP contribution in [0.4, 0.5) is 0 Å². The minimum Gasteiger partial charge on any atom is -0.493 e. The Bertz CT molecular complexity index is 954. The molecular weight excluding hydrogens is 368 g/mol. The molecule has 0 saturated carbocycles. The zero-order chi connectivity index (χ0) is 19.4. The Hall–Kier alpha value is -2.99. The molecule has 140 valence electrons. The lowest BCUT2D eigenvalue weighted by Gasteiger charge is -2.12. The van der Waals surface area contributed by atoms with Crippen molar-refractivity contribution in [3.63, 3.8) is 0 Å². The zero-order valence-corrected chi connectivity index (χ0v) is 16.0. The molecular formula is C20H19ClN2O4. The number of ether oxygens (including phenoxy) is 3. The van der Waals surface area contributed by atoms with E-state index in [4.69, 9.17) is 25.8 Å². The van der Waals surface area contributed by atoms with E-state index in [0.717, 1.165) is 5.69 Å². The number of methoxy groups -OCH3 is 2. The van der Waals surface area contributed by atoms with Gasteiger partial charge in [-0.1, -0.05) is 35.9 Å². The van der Waals surface area contributed by atoms with Crippen molar-refractivity contribution in [1.82, 2.24) is 9.78 Å². The molecule has 0 aliphatic heterocycles. The average molecular weight is 387 g/mol. The summed E-state index contributed by atoms with van der Waals surface area (Å²) >= 11 is 6.46. The molecule has 2 aromatic carbocycles. The fourth-order valence-electron chi connectivity index (χ4n) is 2.70. The van der Waals surface area contributed by atoms with Crippen LogP contribution in [0.15, 0.2) is 48.5 Å². The second-order valence-electron chi connectivity index (χ2n) is 5.72. The van der Waals surface area contributed by atoms with Crippen molar-refractivity contribution in [3.05, 3.63) is 70.5 Å². The predicted molar refractivity (Wildman–Crippen MR) is 102 cm³/mol. The van der Waals surface area contributed by atoms with Crippen LogP contribution in [-0.4, -0.2) is 30.0 Å². The van der Waals surface area contributed by atoms with Gasteiger partial charge < -0.3 is 14.2 Å². The molecule has 1 heterocycles. The Labute approximate surface area is 162 Å². The maximum absolute atomic E-state index is 12.5. The number of nitrogens with zero attached hydrogens (tertiary/aromatic N) is 2. The number of aromatic nitrogens is 2. The van der Waals surface area contributed by atoms with E-state index in [2.05, 4.69) is 5.10 Å². The van der Waals surface area contributed by atoms with Gasteiger partial charge >= 0.3 is 5.97 Å². The quantitative estimate of drug-likeness (QED) is 0.594. The summed E-state index contributed by atoms with van der Waals surface area (Å²) in [5, 5.41) is 4.85. The summed E-state index contributed by atoms with van der Waals surface area (Å²) in [6.07, 6.45) is 0. The molecule has 27 heavy (non-hydrogen) atoms. The Kier molecular flexibility index (Phi) is 5.66. The Morgan fingerprint density at radius 1 is 1.07 bits per heavy atom. The highest BCUT2D eigenvalue weighted by molar-refractivity contribution is 6.30. The fourth-order valence-corrected chi connectivity index (χ4v) is 3.03. The molecule has 0 saturated heterocycles. The minimum absolute atomic E-state index is 0.00328. The summed E-state index contributed by atoms with van der Waals surface area (Å²) in [5.41, 5.74) is 2.45. The van der Waals surface area contributed by atoms with Crippen LogP contribution in [0.3, 0.4) is 0 Å². The van der Waals surface area contributed by atoms with Crippen molar-refractivity contribution in [2.24, 2.45) is 0 Å². The van der Waals surface area contributed by atoms with Crippen LogP contribution in [0.5, 0.6) is 11.5 Å². The first kappa shape index (κ1) is 18.8. The Morgan fingerprint density at radius 3 is 2.48 bits per heavy atom. The van der Waals surface area contributed by atoms with E-state index in [1.54, 1.807) is 22.9 Å². The van der Waals surface area contributed by atoms with Gasteiger partial charge in [-0.2, -0.15) is 5.10 Å². The number of halogens is 1. The molecule has 0 radical (unpaired) electrons. The van der Waals surface area contributed by atoms with Gasteiger partial charge in [-0.25, -0.2) is 9.48 Å². The first-order chi connectivity index (χ1) is 13.1. The molecule has 0 fully saturated rings. The molecule has 0 unspecified atom stereocenters. The Morgan fingerprint density at radius 2 is 1.81 bits per heavy atom. The lowest BCUT2D eigenvalue weighted by Crippen LogP contribution is -2.08. The van der Waals surface area contributed by atoms with Crippen molar-refractivity contribution < 1.29 is 19.0 Å². The molecule has 3 rings (SSSR count). The number of benzene rings is 2.